The monoisotopic (exact) mass is 540 g/mol. The van der Waals surface area contributed by atoms with Gasteiger partial charge in [0.15, 0.2) is 5.96 Å². The highest BCUT2D eigenvalue weighted by atomic mass is 127. The maximum absolute atomic E-state index is 10.7. The molecule has 1 aromatic carbocycles. The summed E-state index contributed by atoms with van der Waals surface area (Å²) in [7, 11) is 0. The molecular formula is C24H37IN4O2. The number of nitrogens with zero attached hydrogens (tertiary/aromatic N) is 2. The zero-order chi connectivity index (χ0) is 21.4. The molecule has 0 spiro atoms. The van der Waals surface area contributed by atoms with E-state index in [1.165, 1.54) is 37.1 Å². The second-order valence-corrected chi connectivity index (χ2v) is 8.53. The topological polar surface area (TPSA) is 73.0 Å². The normalized spacial score (nSPS) is 17.6. The SMILES string of the molecule is CCNC(=NCc1ccccc1CN1CCC(C)CC1)NCC(C)(O)c1ccco1.I. The molecule has 3 N–H and O–H groups in total. The number of aliphatic imine (C=N–C) groups is 1. The molecule has 1 aliphatic rings. The van der Waals surface area contributed by atoms with Gasteiger partial charge in [-0.2, -0.15) is 0 Å². The van der Waals surface area contributed by atoms with Crippen molar-refractivity contribution in [1.82, 2.24) is 15.5 Å². The van der Waals surface area contributed by atoms with Crippen molar-refractivity contribution in [1.29, 1.82) is 0 Å². The molecule has 1 unspecified atom stereocenters. The van der Waals surface area contributed by atoms with E-state index in [2.05, 4.69) is 46.7 Å². The Morgan fingerprint density at radius 3 is 2.52 bits per heavy atom. The van der Waals surface area contributed by atoms with E-state index in [1.807, 2.05) is 6.92 Å². The first-order chi connectivity index (χ1) is 14.5. The van der Waals surface area contributed by atoms with Crippen LogP contribution in [-0.4, -0.2) is 42.1 Å². The first-order valence-electron chi connectivity index (χ1n) is 11.1. The van der Waals surface area contributed by atoms with Crippen LogP contribution >= 0.6 is 24.0 Å². The number of likely N-dealkylation sites (tertiary alicyclic amines) is 1. The molecular weight excluding hydrogens is 503 g/mol. The third-order valence-corrected chi connectivity index (χ3v) is 5.79. The van der Waals surface area contributed by atoms with Crippen molar-refractivity contribution in [3.8, 4) is 0 Å². The summed E-state index contributed by atoms with van der Waals surface area (Å²) in [5.74, 6) is 2.06. The summed E-state index contributed by atoms with van der Waals surface area (Å²) in [6, 6.07) is 12.1. The third kappa shape index (κ3) is 7.80. The van der Waals surface area contributed by atoms with Crippen molar-refractivity contribution in [2.24, 2.45) is 10.9 Å². The smallest absolute Gasteiger partial charge is 0.191 e. The van der Waals surface area contributed by atoms with Gasteiger partial charge < -0.3 is 20.2 Å². The predicted molar refractivity (Wildman–Crippen MR) is 137 cm³/mol. The van der Waals surface area contributed by atoms with Gasteiger partial charge in [0.05, 0.1) is 19.4 Å². The molecule has 2 heterocycles. The Bertz CT molecular complexity index is 800. The summed E-state index contributed by atoms with van der Waals surface area (Å²) in [5, 5.41) is 17.2. The number of halogens is 1. The Hall–Kier alpha value is -1.58. The predicted octanol–water partition coefficient (Wildman–Crippen LogP) is 4.09. The fraction of sp³-hybridized carbons (Fsp3) is 0.542. The van der Waals surface area contributed by atoms with E-state index in [0.717, 1.165) is 19.0 Å². The molecule has 0 saturated carbocycles. The molecule has 1 aliphatic heterocycles. The number of benzene rings is 1. The fourth-order valence-corrected chi connectivity index (χ4v) is 3.76. The lowest BCUT2D eigenvalue weighted by Crippen LogP contribution is -2.44. The summed E-state index contributed by atoms with van der Waals surface area (Å²) in [6.07, 6.45) is 4.14. The molecule has 1 fully saturated rings. The summed E-state index contributed by atoms with van der Waals surface area (Å²) in [5.41, 5.74) is 1.48. The van der Waals surface area contributed by atoms with Gasteiger partial charge in [0.25, 0.3) is 0 Å². The average Bonchev–Trinajstić information content (AvgIpc) is 3.29. The summed E-state index contributed by atoms with van der Waals surface area (Å²) < 4.78 is 5.36. The van der Waals surface area contributed by atoms with Crippen LogP contribution in [0.25, 0.3) is 0 Å². The van der Waals surface area contributed by atoms with Crippen LogP contribution in [0, 0.1) is 5.92 Å². The van der Waals surface area contributed by atoms with Crippen LogP contribution in [0.3, 0.4) is 0 Å². The van der Waals surface area contributed by atoms with E-state index in [1.54, 1.807) is 25.3 Å². The van der Waals surface area contributed by atoms with Gasteiger partial charge in [-0.15, -0.1) is 24.0 Å². The highest BCUT2D eigenvalue weighted by Crippen LogP contribution is 2.21. The van der Waals surface area contributed by atoms with Gasteiger partial charge in [-0.25, -0.2) is 4.99 Å². The highest BCUT2D eigenvalue weighted by Gasteiger charge is 2.26. The summed E-state index contributed by atoms with van der Waals surface area (Å²) in [4.78, 5) is 7.32. The van der Waals surface area contributed by atoms with Gasteiger partial charge in [0.1, 0.15) is 11.4 Å². The molecule has 7 heteroatoms. The average molecular weight is 540 g/mol. The van der Waals surface area contributed by atoms with Gasteiger partial charge in [0, 0.05) is 13.1 Å². The molecule has 1 saturated heterocycles. The van der Waals surface area contributed by atoms with Crippen LogP contribution in [-0.2, 0) is 18.7 Å². The minimum atomic E-state index is -1.11. The number of nitrogens with one attached hydrogen (secondary N) is 2. The summed E-state index contributed by atoms with van der Waals surface area (Å²) in [6.45, 7) is 11.1. The molecule has 0 radical (unpaired) electrons. The molecule has 1 aromatic heterocycles. The molecule has 0 aliphatic carbocycles. The number of hydrogen-bond acceptors (Lipinski definition) is 4. The zero-order valence-corrected chi connectivity index (χ0v) is 21.3. The van der Waals surface area contributed by atoms with Gasteiger partial charge in [-0.3, -0.25) is 4.90 Å². The van der Waals surface area contributed by atoms with Crippen LogP contribution < -0.4 is 10.6 Å². The molecule has 3 rings (SSSR count). The van der Waals surface area contributed by atoms with Gasteiger partial charge in [-0.1, -0.05) is 31.2 Å². The van der Waals surface area contributed by atoms with E-state index in [-0.39, 0.29) is 24.0 Å². The number of rotatable bonds is 8. The van der Waals surface area contributed by atoms with E-state index in [4.69, 9.17) is 9.41 Å². The minimum absolute atomic E-state index is 0. The molecule has 31 heavy (non-hydrogen) atoms. The second kappa shape index (κ2) is 12.5. The van der Waals surface area contributed by atoms with Crippen molar-refractivity contribution < 1.29 is 9.52 Å². The van der Waals surface area contributed by atoms with Crippen molar-refractivity contribution in [3.05, 3.63) is 59.5 Å². The number of guanidine groups is 1. The Balaban J connectivity index is 0.00000341. The van der Waals surface area contributed by atoms with Gasteiger partial charge >= 0.3 is 0 Å². The summed E-state index contributed by atoms with van der Waals surface area (Å²) >= 11 is 0. The molecule has 6 nitrogen and oxygen atoms in total. The van der Waals surface area contributed by atoms with Crippen LogP contribution in [0.5, 0.6) is 0 Å². The number of hydrogen-bond donors (Lipinski definition) is 3. The fourth-order valence-electron chi connectivity index (χ4n) is 3.76. The maximum atomic E-state index is 10.7. The quantitative estimate of drug-likeness (QED) is 0.267. The van der Waals surface area contributed by atoms with Crippen LogP contribution in [0.1, 0.15) is 50.5 Å². The minimum Gasteiger partial charge on any atom is -0.466 e. The van der Waals surface area contributed by atoms with E-state index < -0.39 is 5.60 Å². The van der Waals surface area contributed by atoms with Crippen molar-refractivity contribution in [2.45, 2.75) is 52.3 Å². The Kier molecular flexibility index (Phi) is 10.3. The van der Waals surface area contributed by atoms with Crippen LogP contribution in [0.15, 0.2) is 52.1 Å². The first-order valence-corrected chi connectivity index (χ1v) is 11.1. The number of aliphatic hydroxyl groups is 1. The molecule has 2 aromatic rings. The lowest BCUT2D eigenvalue weighted by Gasteiger charge is -2.30. The Morgan fingerprint density at radius 1 is 1.16 bits per heavy atom. The molecule has 0 amide bonds. The van der Waals surface area contributed by atoms with Gasteiger partial charge in [0.2, 0.25) is 0 Å². The standard InChI is InChI=1S/C24H36N4O2.HI/c1-4-25-23(27-18-24(3,29)22-10-7-15-30-22)26-16-20-8-5-6-9-21(20)17-28-13-11-19(2)12-14-28;/h5-10,15,19,29H,4,11-14,16-18H2,1-3H3,(H2,25,26,27);1H. The molecule has 1 atom stereocenters. The largest absolute Gasteiger partial charge is 0.466 e. The molecule has 172 valence electrons. The molecule has 0 bridgehead atoms. The van der Waals surface area contributed by atoms with Crippen molar-refractivity contribution in [3.63, 3.8) is 0 Å². The van der Waals surface area contributed by atoms with Crippen molar-refractivity contribution >= 4 is 29.9 Å². The van der Waals surface area contributed by atoms with E-state index in [0.29, 0.717) is 24.8 Å². The first kappa shape index (κ1) is 25.7. The van der Waals surface area contributed by atoms with Crippen LogP contribution in [0.4, 0.5) is 0 Å². The Labute approximate surface area is 203 Å². The zero-order valence-electron chi connectivity index (χ0n) is 18.9. The van der Waals surface area contributed by atoms with E-state index in [9.17, 15) is 5.11 Å². The lowest BCUT2D eigenvalue weighted by molar-refractivity contribution is 0.0386. The van der Waals surface area contributed by atoms with E-state index >= 15 is 0 Å². The van der Waals surface area contributed by atoms with Gasteiger partial charge in [-0.05, 0) is 69.0 Å². The van der Waals surface area contributed by atoms with Crippen LogP contribution in [0.2, 0.25) is 0 Å². The lowest BCUT2D eigenvalue weighted by atomic mass is 9.98. The third-order valence-electron chi connectivity index (χ3n) is 5.79. The number of furan rings is 1. The van der Waals surface area contributed by atoms with Crippen molar-refractivity contribution in [2.75, 3.05) is 26.2 Å². The Morgan fingerprint density at radius 2 is 1.87 bits per heavy atom. The number of piperidine rings is 1. The maximum Gasteiger partial charge on any atom is 0.191 e. The highest BCUT2D eigenvalue weighted by molar-refractivity contribution is 14.0. The second-order valence-electron chi connectivity index (χ2n) is 8.53.